The molecule has 0 aliphatic carbocycles. The first-order valence-electron chi connectivity index (χ1n) is 6.96. The van der Waals surface area contributed by atoms with Crippen LogP contribution in [0.5, 0.6) is 0 Å². The first-order chi connectivity index (χ1) is 9.74. The van der Waals surface area contributed by atoms with Crippen LogP contribution in [0.15, 0.2) is 18.3 Å². The monoisotopic (exact) mass is 278 g/mol. The molecule has 1 atom stereocenters. The number of anilines is 1. The third-order valence-electron chi connectivity index (χ3n) is 3.36. The van der Waals surface area contributed by atoms with Gasteiger partial charge in [-0.3, -0.25) is 9.69 Å². The van der Waals surface area contributed by atoms with Gasteiger partial charge in [-0.25, -0.2) is 4.98 Å². The number of hydrogen-bond acceptors (Lipinski definition) is 5. The highest BCUT2D eigenvalue weighted by atomic mass is 16.5. The summed E-state index contributed by atoms with van der Waals surface area (Å²) >= 11 is 0. The molecule has 1 saturated heterocycles. The lowest BCUT2D eigenvalue weighted by atomic mass is 10.1. The van der Waals surface area contributed by atoms with E-state index in [1.165, 1.54) is 0 Å². The molecule has 2 rings (SSSR count). The third-order valence-corrected chi connectivity index (χ3v) is 3.36. The zero-order valence-electron chi connectivity index (χ0n) is 12.1. The highest BCUT2D eigenvalue weighted by Crippen LogP contribution is 2.13. The summed E-state index contributed by atoms with van der Waals surface area (Å²) in [5, 5.41) is 5.86. The Bertz CT molecular complexity index is 435. The maximum atomic E-state index is 11.8. The number of carbonyl (C=O) groups is 1. The summed E-state index contributed by atoms with van der Waals surface area (Å²) in [4.78, 5) is 18.3. The second-order valence-corrected chi connectivity index (χ2v) is 4.76. The molecule has 0 radical (unpaired) electrons. The first kappa shape index (κ1) is 14.7. The van der Waals surface area contributed by atoms with Gasteiger partial charge in [0.15, 0.2) is 0 Å². The van der Waals surface area contributed by atoms with Gasteiger partial charge in [0.1, 0.15) is 11.9 Å². The zero-order valence-corrected chi connectivity index (χ0v) is 12.1. The Morgan fingerprint density at radius 1 is 1.55 bits per heavy atom. The zero-order chi connectivity index (χ0) is 14.4. The van der Waals surface area contributed by atoms with E-state index in [1.54, 1.807) is 7.05 Å². The molecule has 0 saturated carbocycles. The van der Waals surface area contributed by atoms with E-state index < -0.39 is 0 Å². The highest BCUT2D eigenvalue weighted by Gasteiger charge is 2.28. The van der Waals surface area contributed by atoms with Gasteiger partial charge in [0.2, 0.25) is 5.91 Å². The van der Waals surface area contributed by atoms with E-state index in [4.69, 9.17) is 4.74 Å². The van der Waals surface area contributed by atoms with Crippen molar-refractivity contribution >= 4 is 11.7 Å². The van der Waals surface area contributed by atoms with Gasteiger partial charge in [-0.15, -0.1) is 0 Å². The number of pyridine rings is 1. The van der Waals surface area contributed by atoms with Gasteiger partial charge in [-0.05, 0) is 18.6 Å². The van der Waals surface area contributed by atoms with Gasteiger partial charge >= 0.3 is 0 Å². The van der Waals surface area contributed by atoms with Gasteiger partial charge < -0.3 is 15.4 Å². The molecule has 1 aliphatic heterocycles. The minimum atomic E-state index is -0.220. The van der Waals surface area contributed by atoms with Gasteiger partial charge in [-0.1, -0.05) is 6.07 Å². The van der Waals surface area contributed by atoms with Gasteiger partial charge in [0.25, 0.3) is 0 Å². The Hall–Kier alpha value is -1.66. The Balaban J connectivity index is 2.00. The minimum Gasteiger partial charge on any atom is -0.378 e. The predicted molar refractivity (Wildman–Crippen MR) is 77.5 cm³/mol. The number of hydrogen-bond donors (Lipinski definition) is 2. The van der Waals surface area contributed by atoms with Crippen molar-refractivity contribution < 1.29 is 9.53 Å². The van der Waals surface area contributed by atoms with Crippen LogP contribution in [0.2, 0.25) is 0 Å². The number of morpholine rings is 1. The Kier molecular flexibility index (Phi) is 5.31. The van der Waals surface area contributed by atoms with Crippen LogP contribution in [-0.4, -0.2) is 55.2 Å². The van der Waals surface area contributed by atoms with E-state index in [1.807, 2.05) is 25.3 Å². The third kappa shape index (κ3) is 3.68. The number of amides is 1. The lowest BCUT2D eigenvalue weighted by Gasteiger charge is -2.34. The van der Waals surface area contributed by atoms with Crippen LogP contribution in [0, 0.1) is 0 Å². The van der Waals surface area contributed by atoms with E-state index >= 15 is 0 Å². The molecule has 2 heterocycles. The van der Waals surface area contributed by atoms with Crippen LogP contribution in [-0.2, 0) is 16.1 Å². The molecule has 0 spiro atoms. The van der Waals surface area contributed by atoms with E-state index in [0.717, 1.165) is 24.5 Å². The second-order valence-electron chi connectivity index (χ2n) is 4.76. The largest absolute Gasteiger partial charge is 0.378 e. The SMILES string of the molecule is CCNc1ccc(CN2CCOCC2C(=O)NC)cn1. The first-order valence-corrected chi connectivity index (χ1v) is 6.96. The summed E-state index contributed by atoms with van der Waals surface area (Å²) in [6.07, 6.45) is 1.86. The van der Waals surface area contributed by atoms with E-state index in [9.17, 15) is 4.79 Å². The topological polar surface area (TPSA) is 66.5 Å². The Morgan fingerprint density at radius 3 is 3.05 bits per heavy atom. The van der Waals surface area contributed by atoms with E-state index in [0.29, 0.717) is 19.8 Å². The predicted octanol–water partition coefficient (Wildman–Crippen LogP) is 0.460. The minimum absolute atomic E-state index is 0.00179. The van der Waals surface area contributed by atoms with Crippen molar-refractivity contribution in [3.63, 3.8) is 0 Å². The van der Waals surface area contributed by atoms with Crippen LogP contribution < -0.4 is 10.6 Å². The molecule has 1 aromatic heterocycles. The number of likely N-dealkylation sites (N-methyl/N-ethyl adjacent to an activating group) is 1. The number of rotatable bonds is 5. The van der Waals surface area contributed by atoms with Crippen molar-refractivity contribution in [1.29, 1.82) is 0 Å². The normalized spacial score (nSPS) is 19.6. The summed E-state index contributed by atoms with van der Waals surface area (Å²) in [5.74, 6) is 0.878. The molecule has 1 fully saturated rings. The fourth-order valence-electron chi connectivity index (χ4n) is 2.27. The maximum absolute atomic E-state index is 11.8. The van der Waals surface area contributed by atoms with Crippen molar-refractivity contribution in [3.8, 4) is 0 Å². The second kappa shape index (κ2) is 7.21. The van der Waals surface area contributed by atoms with Crippen molar-refractivity contribution in [2.45, 2.75) is 19.5 Å². The van der Waals surface area contributed by atoms with Crippen molar-refractivity contribution in [2.24, 2.45) is 0 Å². The van der Waals surface area contributed by atoms with E-state index in [-0.39, 0.29) is 11.9 Å². The van der Waals surface area contributed by atoms with Crippen LogP contribution >= 0.6 is 0 Å². The molecule has 110 valence electrons. The molecule has 2 N–H and O–H groups in total. The summed E-state index contributed by atoms with van der Waals surface area (Å²) in [5.41, 5.74) is 1.10. The summed E-state index contributed by atoms with van der Waals surface area (Å²) in [7, 11) is 1.65. The fourth-order valence-corrected chi connectivity index (χ4v) is 2.27. The lowest BCUT2D eigenvalue weighted by molar-refractivity contribution is -0.132. The molecule has 1 amide bonds. The number of nitrogens with zero attached hydrogens (tertiary/aromatic N) is 2. The van der Waals surface area contributed by atoms with Crippen molar-refractivity contribution in [1.82, 2.24) is 15.2 Å². The Morgan fingerprint density at radius 2 is 2.40 bits per heavy atom. The molecule has 0 bridgehead atoms. The van der Waals surface area contributed by atoms with Crippen LogP contribution in [0.25, 0.3) is 0 Å². The summed E-state index contributed by atoms with van der Waals surface area (Å²) in [6.45, 7) is 5.47. The standard InChI is InChI=1S/C14H22N4O2/c1-3-16-13-5-4-11(8-17-13)9-18-6-7-20-10-12(18)14(19)15-2/h4-5,8,12H,3,6-7,9-10H2,1-2H3,(H,15,19)(H,16,17). The average Bonchev–Trinajstić information content (AvgIpc) is 2.49. The molecular weight excluding hydrogens is 256 g/mol. The molecule has 20 heavy (non-hydrogen) atoms. The van der Waals surface area contributed by atoms with Gasteiger partial charge in [-0.2, -0.15) is 0 Å². The van der Waals surface area contributed by atoms with Crippen LogP contribution in [0.3, 0.4) is 0 Å². The van der Waals surface area contributed by atoms with Crippen molar-refractivity contribution in [2.75, 3.05) is 38.7 Å². The number of ether oxygens (including phenoxy) is 1. The molecule has 1 aromatic rings. The number of carbonyl (C=O) groups excluding carboxylic acids is 1. The van der Waals surface area contributed by atoms with Gasteiger partial charge in [0, 0.05) is 32.9 Å². The molecule has 0 aromatic carbocycles. The van der Waals surface area contributed by atoms with Crippen molar-refractivity contribution in [3.05, 3.63) is 23.9 Å². The number of nitrogens with one attached hydrogen (secondary N) is 2. The molecule has 6 heteroatoms. The van der Waals surface area contributed by atoms with E-state index in [2.05, 4.69) is 20.5 Å². The fraction of sp³-hybridized carbons (Fsp3) is 0.571. The highest BCUT2D eigenvalue weighted by molar-refractivity contribution is 5.81. The van der Waals surface area contributed by atoms with Crippen LogP contribution in [0.4, 0.5) is 5.82 Å². The molecule has 1 aliphatic rings. The summed E-state index contributed by atoms with van der Waals surface area (Å²) in [6, 6.07) is 3.79. The average molecular weight is 278 g/mol. The maximum Gasteiger partial charge on any atom is 0.239 e. The smallest absolute Gasteiger partial charge is 0.239 e. The molecule has 1 unspecified atom stereocenters. The quantitative estimate of drug-likeness (QED) is 0.819. The molecular formula is C14H22N4O2. The molecule has 6 nitrogen and oxygen atoms in total. The Labute approximate surface area is 119 Å². The van der Waals surface area contributed by atoms with Crippen LogP contribution in [0.1, 0.15) is 12.5 Å². The number of aromatic nitrogens is 1. The summed E-state index contributed by atoms with van der Waals surface area (Å²) < 4.78 is 5.40. The lowest BCUT2D eigenvalue weighted by Crippen LogP contribution is -2.52. The van der Waals surface area contributed by atoms with Gasteiger partial charge in [0.05, 0.1) is 13.2 Å².